The summed E-state index contributed by atoms with van der Waals surface area (Å²) < 4.78 is 5.54. The van der Waals surface area contributed by atoms with Gasteiger partial charge < -0.3 is 15.0 Å². The Morgan fingerprint density at radius 2 is 2.00 bits per heavy atom. The Kier molecular flexibility index (Phi) is 7.68. The first-order chi connectivity index (χ1) is 14.2. The summed E-state index contributed by atoms with van der Waals surface area (Å²) in [4.78, 5) is 11.4. The van der Waals surface area contributed by atoms with Crippen LogP contribution in [0.1, 0.15) is 39.5 Å². The van der Waals surface area contributed by atoms with Crippen molar-refractivity contribution in [3.63, 3.8) is 0 Å². The second-order valence-electron chi connectivity index (χ2n) is 7.38. The van der Waals surface area contributed by atoms with Crippen molar-refractivity contribution in [1.82, 2.24) is 10.3 Å². The van der Waals surface area contributed by atoms with Crippen LogP contribution in [0.25, 0.3) is 12.3 Å². The third kappa shape index (κ3) is 5.83. The molecule has 0 saturated carbocycles. The van der Waals surface area contributed by atoms with Gasteiger partial charge in [0, 0.05) is 47.8 Å². The van der Waals surface area contributed by atoms with Gasteiger partial charge in [0.05, 0.1) is 19.0 Å². The third-order valence-corrected chi connectivity index (χ3v) is 5.26. The second kappa shape index (κ2) is 10.6. The van der Waals surface area contributed by atoms with E-state index in [-0.39, 0.29) is 0 Å². The molecule has 1 aliphatic heterocycles. The molecule has 0 aliphatic carbocycles. The standard InChI is InChI=1S/C24H32N4O/c1-4-5-8-23-20(7-6-9-24(23)29-3)18-26-19(2)27-21-12-16-28(17-13-21)22-10-14-25-15-11-22/h6-11,14-15,18,21H,4-5,12-13,16-17H2,1-3H3,(H,26,27)/b20-18-,23-8-. The Balaban J connectivity index is 1.65. The Bertz CT molecular complexity index is 916. The highest BCUT2D eigenvalue weighted by Crippen LogP contribution is 2.20. The van der Waals surface area contributed by atoms with Crippen LogP contribution in [0.3, 0.4) is 0 Å². The molecule has 1 aromatic heterocycles. The smallest absolute Gasteiger partial charge is 0.126 e. The van der Waals surface area contributed by atoms with E-state index >= 15 is 0 Å². The highest BCUT2D eigenvalue weighted by molar-refractivity contribution is 5.83. The highest BCUT2D eigenvalue weighted by atomic mass is 16.5. The molecule has 0 radical (unpaired) electrons. The fourth-order valence-corrected chi connectivity index (χ4v) is 3.67. The summed E-state index contributed by atoms with van der Waals surface area (Å²) in [6, 6.07) is 10.7. The number of aliphatic imine (C=N–C) groups is 1. The molecule has 2 heterocycles. The Morgan fingerprint density at radius 1 is 1.24 bits per heavy atom. The van der Waals surface area contributed by atoms with Gasteiger partial charge in [-0.05, 0) is 44.4 Å². The van der Waals surface area contributed by atoms with Crippen molar-refractivity contribution in [1.29, 1.82) is 0 Å². The van der Waals surface area contributed by atoms with Crippen molar-refractivity contribution in [2.24, 2.45) is 4.99 Å². The number of nitrogens with zero attached hydrogens (tertiary/aromatic N) is 3. The third-order valence-electron chi connectivity index (χ3n) is 5.26. The maximum Gasteiger partial charge on any atom is 0.126 e. The average Bonchev–Trinajstić information content (AvgIpc) is 2.77. The van der Waals surface area contributed by atoms with E-state index in [4.69, 9.17) is 9.73 Å². The van der Waals surface area contributed by atoms with Crippen molar-refractivity contribution in [3.8, 4) is 5.75 Å². The molecular weight excluding hydrogens is 360 g/mol. The molecular formula is C24H32N4O. The van der Waals surface area contributed by atoms with E-state index in [2.05, 4.69) is 46.4 Å². The monoisotopic (exact) mass is 392 g/mol. The summed E-state index contributed by atoms with van der Waals surface area (Å²) in [7, 11) is 1.72. The van der Waals surface area contributed by atoms with Gasteiger partial charge in [-0.3, -0.25) is 9.98 Å². The van der Waals surface area contributed by atoms with Crippen LogP contribution < -0.4 is 25.4 Å². The number of unbranched alkanes of at least 4 members (excludes halogenated alkanes) is 1. The molecule has 1 saturated heterocycles. The number of hydrogen-bond donors (Lipinski definition) is 1. The van der Waals surface area contributed by atoms with E-state index in [9.17, 15) is 0 Å². The van der Waals surface area contributed by atoms with Gasteiger partial charge in [-0.15, -0.1) is 0 Å². The SMILES string of the molecule is CCC/C=c1\c(OC)ccc\c1=C\NC(C)=NC1CCN(c2ccncc2)CC1. The van der Waals surface area contributed by atoms with Crippen LogP contribution in [-0.4, -0.2) is 37.1 Å². The zero-order valence-corrected chi connectivity index (χ0v) is 17.8. The molecule has 0 unspecified atom stereocenters. The first-order valence-corrected chi connectivity index (χ1v) is 10.5. The average molecular weight is 393 g/mol. The molecule has 29 heavy (non-hydrogen) atoms. The predicted molar refractivity (Wildman–Crippen MR) is 122 cm³/mol. The number of piperidine rings is 1. The fraction of sp³-hybridized carbons (Fsp3) is 0.417. The van der Waals surface area contributed by atoms with Crippen molar-refractivity contribution >= 4 is 23.8 Å². The van der Waals surface area contributed by atoms with Crippen LogP contribution in [0.2, 0.25) is 0 Å². The number of methoxy groups -OCH3 is 1. The van der Waals surface area contributed by atoms with E-state index in [1.807, 2.05) is 37.7 Å². The van der Waals surface area contributed by atoms with Crippen LogP contribution in [0, 0.1) is 0 Å². The number of hydrogen-bond acceptors (Lipinski definition) is 4. The molecule has 1 N–H and O–H groups in total. The molecule has 3 rings (SSSR count). The van der Waals surface area contributed by atoms with E-state index in [0.717, 1.165) is 60.8 Å². The number of rotatable bonds is 6. The van der Waals surface area contributed by atoms with Gasteiger partial charge in [-0.1, -0.05) is 31.6 Å². The molecule has 0 amide bonds. The number of pyridine rings is 1. The predicted octanol–water partition coefficient (Wildman–Crippen LogP) is 3.09. The molecule has 0 spiro atoms. The van der Waals surface area contributed by atoms with Gasteiger partial charge >= 0.3 is 0 Å². The van der Waals surface area contributed by atoms with E-state index < -0.39 is 0 Å². The minimum Gasteiger partial charge on any atom is -0.496 e. The van der Waals surface area contributed by atoms with Gasteiger partial charge in [0.1, 0.15) is 5.75 Å². The van der Waals surface area contributed by atoms with Gasteiger partial charge in [-0.2, -0.15) is 0 Å². The number of nitrogens with one attached hydrogen (secondary N) is 1. The molecule has 2 aromatic rings. The lowest BCUT2D eigenvalue weighted by molar-refractivity contribution is 0.411. The summed E-state index contributed by atoms with van der Waals surface area (Å²) in [5.74, 6) is 1.86. The molecule has 154 valence electrons. The van der Waals surface area contributed by atoms with Crippen LogP contribution >= 0.6 is 0 Å². The number of anilines is 1. The van der Waals surface area contributed by atoms with Crippen LogP contribution in [0.4, 0.5) is 5.69 Å². The van der Waals surface area contributed by atoms with Crippen molar-refractivity contribution in [3.05, 3.63) is 53.2 Å². The van der Waals surface area contributed by atoms with Gasteiger partial charge in [0.15, 0.2) is 0 Å². The van der Waals surface area contributed by atoms with Gasteiger partial charge in [0.2, 0.25) is 0 Å². The van der Waals surface area contributed by atoms with Crippen molar-refractivity contribution in [2.45, 2.75) is 45.6 Å². The first-order valence-electron chi connectivity index (χ1n) is 10.5. The first kappa shape index (κ1) is 20.9. The van der Waals surface area contributed by atoms with E-state index in [1.54, 1.807) is 7.11 Å². The Morgan fingerprint density at radius 3 is 2.69 bits per heavy atom. The summed E-state index contributed by atoms with van der Waals surface area (Å²) in [6.07, 6.45) is 12.3. The van der Waals surface area contributed by atoms with E-state index in [0.29, 0.717) is 6.04 Å². The van der Waals surface area contributed by atoms with Crippen molar-refractivity contribution in [2.75, 3.05) is 25.1 Å². The lowest BCUT2D eigenvalue weighted by Crippen LogP contribution is -2.36. The fourth-order valence-electron chi connectivity index (χ4n) is 3.67. The molecule has 5 nitrogen and oxygen atoms in total. The maximum atomic E-state index is 5.54. The Hall–Kier alpha value is -2.82. The van der Waals surface area contributed by atoms with Gasteiger partial charge in [0.25, 0.3) is 0 Å². The summed E-state index contributed by atoms with van der Waals surface area (Å²) in [5, 5.41) is 5.65. The summed E-state index contributed by atoms with van der Waals surface area (Å²) in [6.45, 7) is 6.29. The number of benzene rings is 1. The summed E-state index contributed by atoms with van der Waals surface area (Å²) >= 11 is 0. The Labute approximate surface area is 173 Å². The number of ether oxygens (including phenoxy) is 1. The lowest BCUT2D eigenvalue weighted by atomic mass is 10.1. The number of amidine groups is 1. The quantitative estimate of drug-likeness (QED) is 0.606. The minimum atomic E-state index is 0.366. The van der Waals surface area contributed by atoms with Crippen molar-refractivity contribution < 1.29 is 4.74 Å². The van der Waals surface area contributed by atoms with Crippen LogP contribution in [0.5, 0.6) is 5.75 Å². The molecule has 5 heteroatoms. The summed E-state index contributed by atoms with van der Waals surface area (Å²) in [5.41, 5.74) is 1.25. The topological polar surface area (TPSA) is 49.8 Å². The number of aromatic nitrogens is 1. The molecule has 1 aromatic carbocycles. The minimum absolute atomic E-state index is 0.366. The highest BCUT2D eigenvalue weighted by Gasteiger charge is 2.18. The maximum absolute atomic E-state index is 5.54. The molecule has 1 aliphatic rings. The molecule has 0 atom stereocenters. The van der Waals surface area contributed by atoms with Crippen LogP contribution in [0.15, 0.2) is 47.7 Å². The lowest BCUT2D eigenvalue weighted by Gasteiger charge is -2.32. The van der Waals surface area contributed by atoms with E-state index in [1.165, 1.54) is 5.69 Å². The molecule has 0 bridgehead atoms. The zero-order valence-electron chi connectivity index (χ0n) is 17.8. The van der Waals surface area contributed by atoms with Gasteiger partial charge in [-0.25, -0.2) is 0 Å². The largest absolute Gasteiger partial charge is 0.496 e. The normalized spacial score (nSPS) is 16.9. The zero-order chi connectivity index (χ0) is 20.5. The van der Waals surface area contributed by atoms with Crippen LogP contribution in [-0.2, 0) is 0 Å². The molecule has 1 fully saturated rings. The second-order valence-corrected chi connectivity index (χ2v) is 7.38.